The van der Waals surface area contributed by atoms with Gasteiger partial charge in [-0.15, -0.1) is 0 Å². The summed E-state index contributed by atoms with van der Waals surface area (Å²) in [6.45, 7) is 2.53. The first-order valence-corrected chi connectivity index (χ1v) is 6.26. The first kappa shape index (κ1) is 14.2. The van der Waals surface area contributed by atoms with E-state index in [1.54, 1.807) is 0 Å². The second-order valence-electron chi connectivity index (χ2n) is 4.78. The third-order valence-electron chi connectivity index (χ3n) is 3.40. The van der Waals surface area contributed by atoms with Gasteiger partial charge in [0.25, 0.3) is 0 Å². The third kappa shape index (κ3) is 2.68. The summed E-state index contributed by atoms with van der Waals surface area (Å²) in [6.07, 6.45) is 1.36. The van der Waals surface area contributed by atoms with Crippen LogP contribution in [0.15, 0.2) is 12.3 Å². The largest absolute Gasteiger partial charge is 0.344 e. The van der Waals surface area contributed by atoms with E-state index in [9.17, 15) is 10.1 Å². The summed E-state index contributed by atoms with van der Waals surface area (Å²) in [7, 11) is 1.99. The normalized spacial score (nSPS) is 19.6. The number of likely N-dealkylation sites (N-methyl/N-ethyl adjacent to an activating group) is 1. The number of hydrogen-bond acceptors (Lipinski definition) is 7. The maximum atomic E-state index is 11.2. The molecule has 20 heavy (non-hydrogen) atoms. The van der Waals surface area contributed by atoms with E-state index in [1.807, 2.05) is 18.0 Å². The molecule has 8 heteroatoms. The number of pyridine rings is 1. The van der Waals surface area contributed by atoms with Crippen molar-refractivity contribution in [2.45, 2.75) is 6.04 Å². The predicted octanol–water partition coefficient (Wildman–Crippen LogP) is -0.0594. The first-order valence-electron chi connectivity index (χ1n) is 6.26. The quantitative estimate of drug-likeness (QED) is 0.607. The molecular weight excluding hydrogens is 260 g/mol. The molecule has 1 aromatic heterocycles. The van der Waals surface area contributed by atoms with E-state index in [0.717, 1.165) is 13.1 Å². The summed E-state index contributed by atoms with van der Waals surface area (Å²) in [5.41, 5.74) is 5.79. The van der Waals surface area contributed by atoms with Crippen LogP contribution in [0.1, 0.15) is 5.56 Å². The molecule has 2 rings (SSSR count). The van der Waals surface area contributed by atoms with Crippen LogP contribution in [0.25, 0.3) is 0 Å². The molecule has 2 heterocycles. The third-order valence-corrected chi connectivity index (χ3v) is 3.40. The minimum atomic E-state index is -0.505. The molecule has 0 radical (unpaired) electrons. The highest BCUT2D eigenvalue weighted by molar-refractivity contribution is 5.61. The molecule has 1 fully saturated rings. The maximum Gasteiger partial charge on any atom is 0.312 e. The molecular formula is C12H16N6O2. The van der Waals surface area contributed by atoms with Crippen molar-refractivity contribution < 1.29 is 4.92 Å². The average molecular weight is 276 g/mol. The number of rotatable bonds is 3. The fourth-order valence-electron chi connectivity index (χ4n) is 2.35. The second kappa shape index (κ2) is 5.81. The fraction of sp³-hybridized carbons (Fsp3) is 0.500. The lowest BCUT2D eigenvalue weighted by atomic mass is 10.1. The van der Waals surface area contributed by atoms with Crippen LogP contribution in [0.3, 0.4) is 0 Å². The smallest absolute Gasteiger partial charge is 0.312 e. The van der Waals surface area contributed by atoms with E-state index < -0.39 is 4.92 Å². The minimum absolute atomic E-state index is 0.0205. The number of nitrogens with two attached hydrogens (primary N) is 1. The van der Waals surface area contributed by atoms with Crippen molar-refractivity contribution in [1.82, 2.24) is 9.88 Å². The second-order valence-corrected chi connectivity index (χ2v) is 4.78. The highest BCUT2D eigenvalue weighted by Crippen LogP contribution is 2.29. The van der Waals surface area contributed by atoms with Crippen molar-refractivity contribution in [2.75, 3.05) is 38.1 Å². The number of aromatic nitrogens is 1. The molecule has 1 aromatic rings. The monoisotopic (exact) mass is 276 g/mol. The van der Waals surface area contributed by atoms with Crippen LogP contribution in [-0.4, -0.2) is 54.1 Å². The Balaban J connectivity index is 2.41. The number of nitriles is 1. The molecule has 0 spiro atoms. The van der Waals surface area contributed by atoms with Crippen LogP contribution in [0.4, 0.5) is 11.5 Å². The summed E-state index contributed by atoms with van der Waals surface area (Å²) in [5, 5.41) is 20.0. The van der Waals surface area contributed by atoms with E-state index in [-0.39, 0.29) is 23.1 Å². The lowest BCUT2D eigenvalue weighted by Gasteiger charge is -2.39. The molecule has 1 unspecified atom stereocenters. The van der Waals surface area contributed by atoms with Crippen LogP contribution < -0.4 is 10.6 Å². The SMILES string of the molecule is CN1CCN(c2ncc(C#N)cc2[N+](=O)[O-])C(CN)C1. The molecule has 1 aliphatic rings. The Kier molecular flexibility index (Phi) is 4.12. The molecule has 0 aromatic carbocycles. The average Bonchev–Trinajstić information content (AvgIpc) is 2.46. The van der Waals surface area contributed by atoms with Crippen molar-refractivity contribution in [2.24, 2.45) is 5.73 Å². The first-order chi connectivity index (χ1) is 9.56. The van der Waals surface area contributed by atoms with Gasteiger partial charge in [0.15, 0.2) is 0 Å². The predicted molar refractivity (Wildman–Crippen MR) is 73.3 cm³/mol. The zero-order valence-corrected chi connectivity index (χ0v) is 11.2. The molecule has 106 valence electrons. The summed E-state index contributed by atoms with van der Waals surface area (Å²) in [4.78, 5) is 18.8. The fourth-order valence-corrected chi connectivity index (χ4v) is 2.35. The summed E-state index contributed by atoms with van der Waals surface area (Å²) in [6, 6.07) is 3.10. The van der Waals surface area contributed by atoms with Crippen LogP contribution in [0.2, 0.25) is 0 Å². The van der Waals surface area contributed by atoms with Gasteiger partial charge in [0, 0.05) is 38.4 Å². The van der Waals surface area contributed by atoms with Gasteiger partial charge in [-0.1, -0.05) is 0 Å². The number of anilines is 1. The Morgan fingerprint density at radius 1 is 1.65 bits per heavy atom. The van der Waals surface area contributed by atoms with Gasteiger partial charge in [-0.25, -0.2) is 4.98 Å². The van der Waals surface area contributed by atoms with Crippen LogP contribution in [0.5, 0.6) is 0 Å². The Morgan fingerprint density at radius 3 is 3.00 bits per heavy atom. The standard InChI is InChI=1S/C12H16N6O2/c1-16-2-3-17(10(6-14)8-16)12-11(18(19)20)4-9(5-13)7-15-12/h4,7,10H,2-3,6,8,14H2,1H3. The van der Waals surface area contributed by atoms with Gasteiger partial charge < -0.3 is 15.5 Å². The van der Waals surface area contributed by atoms with Crippen molar-refractivity contribution >= 4 is 11.5 Å². The number of nitrogens with zero attached hydrogens (tertiary/aromatic N) is 5. The highest BCUT2D eigenvalue weighted by atomic mass is 16.6. The van der Waals surface area contributed by atoms with Crippen molar-refractivity contribution in [3.8, 4) is 6.07 Å². The summed E-state index contributed by atoms with van der Waals surface area (Å²) >= 11 is 0. The minimum Gasteiger partial charge on any atom is -0.344 e. The van der Waals surface area contributed by atoms with Gasteiger partial charge >= 0.3 is 5.69 Å². The van der Waals surface area contributed by atoms with E-state index >= 15 is 0 Å². The topological polar surface area (TPSA) is 112 Å². The Labute approximate surface area is 116 Å². The van der Waals surface area contributed by atoms with Gasteiger partial charge in [-0.2, -0.15) is 5.26 Å². The van der Waals surface area contributed by atoms with Crippen molar-refractivity contribution in [3.63, 3.8) is 0 Å². The zero-order chi connectivity index (χ0) is 14.7. The van der Waals surface area contributed by atoms with Gasteiger partial charge in [-0.3, -0.25) is 10.1 Å². The number of piperazine rings is 1. The highest BCUT2D eigenvalue weighted by Gasteiger charge is 2.30. The lowest BCUT2D eigenvalue weighted by molar-refractivity contribution is -0.384. The van der Waals surface area contributed by atoms with Gasteiger partial charge in [0.1, 0.15) is 6.07 Å². The van der Waals surface area contributed by atoms with Crippen LogP contribution in [-0.2, 0) is 0 Å². The van der Waals surface area contributed by atoms with E-state index in [1.165, 1.54) is 12.3 Å². The molecule has 0 aliphatic carbocycles. The molecule has 1 saturated heterocycles. The van der Waals surface area contributed by atoms with Gasteiger partial charge in [0.2, 0.25) is 5.82 Å². The van der Waals surface area contributed by atoms with Crippen molar-refractivity contribution in [3.05, 3.63) is 27.9 Å². The Morgan fingerprint density at radius 2 is 2.40 bits per heavy atom. The van der Waals surface area contributed by atoms with E-state index in [4.69, 9.17) is 11.0 Å². The molecule has 2 N–H and O–H groups in total. The molecule has 8 nitrogen and oxygen atoms in total. The Hall–Kier alpha value is -2.24. The number of hydrogen-bond donors (Lipinski definition) is 1. The molecule has 1 atom stereocenters. The summed E-state index contributed by atoms with van der Waals surface area (Å²) < 4.78 is 0. The molecule has 1 aliphatic heterocycles. The molecule has 0 saturated carbocycles. The lowest BCUT2D eigenvalue weighted by Crippen LogP contribution is -2.55. The van der Waals surface area contributed by atoms with Crippen LogP contribution >= 0.6 is 0 Å². The summed E-state index contributed by atoms with van der Waals surface area (Å²) in [5.74, 6) is 0.289. The van der Waals surface area contributed by atoms with Gasteiger partial charge in [-0.05, 0) is 7.05 Å². The molecule has 0 amide bonds. The maximum absolute atomic E-state index is 11.2. The van der Waals surface area contributed by atoms with Gasteiger partial charge in [0.05, 0.1) is 16.5 Å². The van der Waals surface area contributed by atoms with Crippen molar-refractivity contribution in [1.29, 1.82) is 5.26 Å². The Bertz CT molecular complexity index is 555. The van der Waals surface area contributed by atoms with E-state index in [0.29, 0.717) is 13.1 Å². The number of nitro groups is 1. The van der Waals surface area contributed by atoms with Crippen LogP contribution in [0, 0.1) is 21.4 Å². The van der Waals surface area contributed by atoms with E-state index in [2.05, 4.69) is 9.88 Å². The zero-order valence-electron chi connectivity index (χ0n) is 11.2. The molecule has 0 bridgehead atoms.